The Bertz CT molecular complexity index is 734. The number of hydrogen-bond donors (Lipinski definition) is 2. The Kier molecular flexibility index (Phi) is 4.81. The summed E-state index contributed by atoms with van der Waals surface area (Å²) in [5, 5.41) is 6.09. The zero-order chi connectivity index (χ0) is 16.9. The van der Waals surface area contributed by atoms with Crippen LogP contribution in [0, 0.1) is 0 Å². The number of carbonyl (C=O) groups is 1. The van der Waals surface area contributed by atoms with Gasteiger partial charge < -0.3 is 25.0 Å². The van der Waals surface area contributed by atoms with Crippen molar-refractivity contribution >= 4 is 17.3 Å². The standard InChI is InChI=1S/C17H20N4O3/c1-21(2)8-7-19-17(22)14-9-13(5-6-18-14)20-12-3-4-15-16(10-12)24-11-23-15/h3-6,9-10H,7-8,11H2,1-2H3,(H,18,20)(H,19,22). The Morgan fingerprint density at radius 2 is 1.96 bits per heavy atom. The highest BCUT2D eigenvalue weighted by molar-refractivity contribution is 5.93. The molecule has 126 valence electrons. The van der Waals surface area contributed by atoms with E-state index in [1.807, 2.05) is 37.2 Å². The molecule has 2 heterocycles. The van der Waals surface area contributed by atoms with Crippen molar-refractivity contribution in [1.82, 2.24) is 15.2 Å². The van der Waals surface area contributed by atoms with Crippen molar-refractivity contribution in [3.63, 3.8) is 0 Å². The van der Waals surface area contributed by atoms with E-state index in [0.717, 1.165) is 23.7 Å². The molecule has 1 aliphatic heterocycles. The fourth-order valence-electron chi connectivity index (χ4n) is 2.26. The molecule has 2 aromatic rings. The summed E-state index contributed by atoms with van der Waals surface area (Å²) in [6.07, 6.45) is 1.61. The summed E-state index contributed by atoms with van der Waals surface area (Å²) in [4.78, 5) is 18.3. The van der Waals surface area contributed by atoms with Gasteiger partial charge in [0.1, 0.15) is 5.69 Å². The van der Waals surface area contributed by atoms with E-state index in [2.05, 4.69) is 15.6 Å². The van der Waals surface area contributed by atoms with Crippen molar-refractivity contribution in [2.75, 3.05) is 39.3 Å². The predicted octanol–water partition coefficient (Wildman–Crippen LogP) is 1.85. The monoisotopic (exact) mass is 328 g/mol. The number of carbonyl (C=O) groups excluding carboxylic acids is 1. The van der Waals surface area contributed by atoms with Crippen molar-refractivity contribution in [3.8, 4) is 11.5 Å². The van der Waals surface area contributed by atoms with Crippen molar-refractivity contribution in [3.05, 3.63) is 42.2 Å². The number of rotatable bonds is 6. The van der Waals surface area contributed by atoms with E-state index in [1.54, 1.807) is 18.3 Å². The second kappa shape index (κ2) is 7.18. The van der Waals surface area contributed by atoms with Crippen LogP contribution in [-0.2, 0) is 0 Å². The lowest BCUT2D eigenvalue weighted by molar-refractivity contribution is 0.0946. The zero-order valence-electron chi connectivity index (χ0n) is 13.7. The minimum absolute atomic E-state index is 0.189. The molecule has 0 saturated heterocycles. The molecule has 0 fully saturated rings. The van der Waals surface area contributed by atoms with Crippen LogP contribution in [0.3, 0.4) is 0 Å². The highest BCUT2D eigenvalue weighted by Gasteiger charge is 2.13. The van der Waals surface area contributed by atoms with Gasteiger partial charge in [-0.2, -0.15) is 0 Å². The SMILES string of the molecule is CN(C)CCNC(=O)c1cc(Nc2ccc3c(c2)OCO3)ccn1. The molecule has 1 aromatic carbocycles. The molecule has 2 N–H and O–H groups in total. The Hall–Kier alpha value is -2.80. The third-order valence-electron chi connectivity index (χ3n) is 3.50. The number of nitrogens with one attached hydrogen (secondary N) is 2. The zero-order valence-corrected chi connectivity index (χ0v) is 13.7. The average molecular weight is 328 g/mol. The molecule has 0 unspecified atom stereocenters. The summed E-state index contributed by atoms with van der Waals surface area (Å²) < 4.78 is 10.7. The number of amides is 1. The van der Waals surface area contributed by atoms with Crippen LogP contribution < -0.4 is 20.1 Å². The normalized spacial score (nSPS) is 12.3. The molecule has 0 saturated carbocycles. The molecular formula is C17H20N4O3. The summed E-state index contributed by atoms with van der Waals surface area (Å²) >= 11 is 0. The first-order valence-electron chi connectivity index (χ1n) is 7.67. The van der Waals surface area contributed by atoms with E-state index in [0.29, 0.717) is 18.0 Å². The molecule has 0 atom stereocenters. The quantitative estimate of drug-likeness (QED) is 0.843. The molecule has 0 spiro atoms. The Morgan fingerprint density at radius 1 is 1.17 bits per heavy atom. The Labute approximate surface area is 140 Å². The molecule has 24 heavy (non-hydrogen) atoms. The van der Waals surface area contributed by atoms with E-state index < -0.39 is 0 Å². The molecule has 0 aliphatic carbocycles. The summed E-state index contributed by atoms with van der Waals surface area (Å²) in [5.41, 5.74) is 2.01. The first-order chi connectivity index (χ1) is 11.6. The second-order valence-electron chi connectivity index (χ2n) is 5.68. The number of fused-ring (bicyclic) bond motifs is 1. The highest BCUT2D eigenvalue weighted by atomic mass is 16.7. The summed E-state index contributed by atoms with van der Waals surface area (Å²) in [6, 6.07) is 9.13. The van der Waals surface area contributed by atoms with Crippen molar-refractivity contribution in [2.24, 2.45) is 0 Å². The van der Waals surface area contributed by atoms with Crippen LogP contribution >= 0.6 is 0 Å². The van der Waals surface area contributed by atoms with Crippen molar-refractivity contribution in [2.45, 2.75) is 0 Å². The Balaban J connectivity index is 1.65. The maximum absolute atomic E-state index is 12.1. The second-order valence-corrected chi connectivity index (χ2v) is 5.68. The summed E-state index contributed by atoms with van der Waals surface area (Å²) in [6.45, 7) is 1.60. The van der Waals surface area contributed by atoms with Gasteiger partial charge in [-0.25, -0.2) is 0 Å². The number of pyridine rings is 1. The van der Waals surface area contributed by atoms with Gasteiger partial charge in [0.15, 0.2) is 11.5 Å². The van der Waals surface area contributed by atoms with Crippen molar-refractivity contribution in [1.29, 1.82) is 0 Å². The number of ether oxygens (including phenoxy) is 2. The molecule has 0 bridgehead atoms. The molecule has 3 rings (SSSR count). The smallest absolute Gasteiger partial charge is 0.269 e. The Morgan fingerprint density at radius 3 is 2.79 bits per heavy atom. The minimum atomic E-state index is -0.189. The molecule has 7 heteroatoms. The highest BCUT2D eigenvalue weighted by Crippen LogP contribution is 2.35. The third kappa shape index (κ3) is 3.94. The largest absolute Gasteiger partial charge is 0.454 e. The van der Waals surface area contributed by atoms with Gasteiger partial charge in [-0.1, -0.05) is 0 Å². The van der Waals surface area contributed by atoms with E-state index >= 15 is 0 Å². The number of aromatic nitrogens is 1. The maximum Gasteiger partial charge on any atom is 0.269 e. The fraction of sp³-hybridized carbons (Fsp3) is 0.294. The van der Waals surface area contributed by atoms with Crippen LogP contribution in [0.5, 0.6) is 11.5 Å². The number of likely N-dealkylation sites (N-methyl/N-ethyl adjacent to an activating group) is 1. The third-order valence-corrected chi connectivity index (χ3v) is 3.50. The van der Waals surface area contributed by atoms with Crippen LogP contribution in [-0.4, -0.2) is 49.8 Å². The fourth-order valence-corrected chi connectivity index (χ4v) is 2.26. The lowest BCUT2D eigenvalue weighted by atomic mass is 10.2. The van der Waals surface area contributed by atoms with E-state index in [1.165, 1.54) is 0 Å². The maximum atomic E-state index is 12.1. The number of anilines is 2. The van der Waals surface area contributed by atoms with E-state index in [9.17, 15) is 4.79 Å². The first-order valence-corrected chi connectivity index (χ1v) is 7.67. The molecular weight excluding hydrogens is 308 g/mol. The molecule has 7 nitrogen and oxygen atoms in total. The van der Waals surface area contributed by atoms with E-state index in [4.69, 9.17) is 9.47 Å². The summed E-state index contributed by atoms with van der Waals surface area (Å²) in [7, 11) is 3.92. The lowest BCUT2D eigenvalue weighted by Crippen LogP contribution is -2.31. The summed E-state index contributed by atoms with van der Waals surface area (Å²) in [5.74, 6) is 1.25. The molecule has 1 aromatic heterocycles. The van der Waals surface area contributed by atoms with Gasteiger partial charge in [-0.05, 0) is 38.4 Å². The van der Waals surface area contributed by atoms with Gasteiger partial charge in [0.25, 0.3) is 5.91 Å². The predicted molar refractivity (Wildman–Crippen MR) is 91.0 cm³/mol. The average Bonchev–Trinajstić information content (AvgIpc) is 3.02. The number of nitrogens with zero attached hydrogens (tertiary/aromatic N) is 2. The topological polar surface area (TPSA) is 75.7 Å². The van der Waals surface area contributed by atoms with Gasteiger partial charge in [-0.3, -0.25) is 9.78 Å². The van der Waals surface area contributed by atoms with Gasteiger partial charge in [0.05, 0.1) is 0 Å². The van der Waals surface area contributed by atoms with Crippen LogP contribution in [0.4, 0.5) is 11.4 Å². The lowest BCUT2D eigenvalue weighted by Gasteiger charge is -2.11. The number of hydrogen-bond acceptors (Lipinski definition) is 6. The van der Waals surface area contributed by atoms with Crippen LogP contribution in [0.2, 0.25) is 0 Å². The van der Waals surface area contributed by atoms with Crippen molar-refractivity contribution < 1.29 is 14.3 Å². The molecule has 1 amide bonds. The van der Waals surface area contributed by atoms with Gasteiger partial charge in [0, 0.05) is 36.7 Å². The van der Waals surface area contributed by atoms with Gasteiger partial charge >= 0.3 is 0 Å². The van der Waals surface area contributed by atoms with Crippen LogP contribution in [0.15, 0.2) is 36.5 Å². The van der Waals surface area contributed by atoms with E-state index in [-0.39, 0.29) is 12.7 Å². The molecule has 1 aliphatic rings. The van der Waals surface area contributed by atoms with Gasteiger partial charge in [0.2, 0.25) is 6.79 Å². The minimum Gasteiger partial charge on any atom is -0.454 e. The van der Waals surface area contributed by atoms with Crippen LogP contribution in [0.1, 0.15) is 10.5 Å². The number of benzene rings is 1. The van der Waals surface area contributed by atoms with Crippen LogP contribution in [0.25, 0.3) is 0 Å². The first kappa shape index (κ1) is 16.1. The molecule has 0 radical (unpaired) electrons. The van der Waals surface area contributed by atoms with Gasteiger partial charge in [-0.15, -0.1) is 0 Å².